The molecule has 1 aliphatic heterocycles. The van der Waals surface area contributed by atoms with Crippen molar-refractivity contribution in [3.05, 3.63) is 23.8 Å². The number of aliphatic hydroxyl groups is 1. The maximum Gasteiger partial charge on any atom is 0.338 e. The Labute approximate surface area is 112 Å². The number of methoxy groups -OCH3 is 2. The summed E-state index contributed by atoms with van der Waals surface area (Å²) in [5.41, 5.74) is -0.686. The van der Waals surface area contributed by atoms with Gasteiger partial charge in [-0.2, -0.15) is 0 Å². The van der Waals surface area contributed by atoms with E-state index in [4.69, 9.17) is 14.2 Å². The Hall–Kier alpha value is -1.75. The van der Waals surface area contributed by atoms with E-state index in [1.807, 2.05) is 0 Å². The van der Waals surface area contributed by atoms with E-state index in [1.165, 1.54) is 6.92 Å². The minimum absolute atomic E-state index is 0.335. The van der Waals surface area contributed by atoms with Crippen molar-refractivity contribution in [2.45, 2.75) is 25.6 Å². The SMILES string of the molecule is COc1ccc([C@H]2OC(=O)[C@](C)(O)[C@@H]2C)cc1OC. The van der Waals surface area contributed by atoms with Gasteiger partial charge in [0.2, 0.25) is 0 Å². The highest BCUT2D eigenvalue weighted by atomic mass is 16.6. The summed E-state index contributed by atoms with van der Waals surface area (Å²) in [5.74, 6) is 0.239. The predicted octanol–water partition coefficient (Wildman–Crippen LogP) is 1.69. The third kappa shape index (κ3) is 2.14. The van der Waals surface area contributed by atoms with Crippen molar-refractivity contribution in [3.63, 3.8) is 0 Å². The largest absolute Gasteiger partial charge is 0.493 e. The summed E-state index contributed by atoms with van der Waals surface area (Å²) < 4.78 is 15.6. The molecule has 0 unspecified atom stereocenters. The van der Waals surface area contributed by atoms with Crippen molar-refractivity contribution in [2.75, 3.05) is 14.2 Å². The molecule has 5 nitrogen and oxygen atoms in total. The van der Waals surface area contributed by atoms with Gasteiger partial charge in [-0.15, -0.1) is 0 Å². The highest BCUT2D eigenvalue weighted by Gasteiger charge is 2.51. The summed E-state index contributed by atoms with van der Waals surface area (Å²) >= 11 is 0. The summed E-state index contributed by atoms with van der Waals surface area (Å²) in [6, 6.07) is 5.31. The number of ether oxygens (including phenoxy) is 3. The van der Waals surface area contributed by atoms with Crippen LogP contribution in [-0.4, -0.2) is 30.9 Å². The lowest BCUT2D eigenvalue weighted by Crippen LogP contribution is -2.35. The molecule has 2 rings (SSSR count). The number of carbonyl (C=O) groups excluding carboxylic acids is 1. The zero-order valence-corrected chi connectivity index (χ0v) is 11.5. The molecule has 5 heteroatoms. The standard InChI is InChI=1S/C14H18O5/c1-8-12(19-13(15)14(8,2)16)9-5-6-10(17-3)11(7-9)18-4/h5-8,12,16H,1-4H3/t8-,12+,14-/m1/s1. The number of cyclic esters (lactones) is 1. The van der Waals surface area contributed by atoms with Gasteiger partial charge < -0.3 is 19.3 Å². The molecular formula is C14H18O5. The summed E-state index contributed by atoms with van der Waals surface area (Å²) in [7, 11) is 3.10. The maximum absolute atomic E-state index is 11.6. The highest BCUT2D eigenvalue weighted by Crippen LogP contribution is 2.43. The second-order valence-electron chi connectivity index (χ2n) is 4.88. The highest BCUT2D eigenvalue weighted by molar-refractivity contribution is 5.81. The predicted molar refractivity (Wildman–Crippen MR) is 68.2 cm³/mol. The molecular weight excluding hydrogens is 248 g/mol. The molecule has 0 spiro atoms. The van der Waals surface area contributed by atoms with E-state index in [-0.39, 0.29) is 5.92 Å². The number of hydrogen-bond acceptors (Lipinski definition) is 5. The van der Waals surface area contributed by atoms with E-state index >= 15 is 0 Å². The zero-order chi connectivity index (χ0) is 14.2. The van der Waals surface area contributed by atoms with Crippen LogP contribution < -0.4 is 9.47 Å². The van der Waals surface area contributed by atoms with Crippen molar-refractivity contribution in [2.24, 2.45) is 5.92 Å². The molecule has 1 N–H and O–H groups in total. The first-order chi connectivity index (χ1) is 8.91. The molecule has 104 valence electrons. The topological polar surface area (TPSA) is 65.0 Å². The summed E-state index contributed by atoms with van der Waals surface area (Å²) in [5, 5.41) is 10.1. The maximum atomic E-state index is 11.6. The molecule has 1 fully saturated rings. The Morgan fingerprint density at radius 3 is 2.37 bits per heavy atom. The average Bonchev–Trinajstić information content (AvgIpc) is 2.61. The molecule has 0 bridgehead atoms. The van der Waals surface area contributed by atoms with Gasteiger partial charge in [0, 0.05) is 5.92 Å². The number of benzene rings is 1. The van der Waals surface area contributed by atoms with Gasteiger partial charge in [0.15, 0.2) is 17.1 Å². The van der Waals surface area contributed by atoms with Crippen LogP contribution in [-0.2, 0) is 9.53 Å². The Balaban J connectivity index is 2.36. The molecule has 0 aromatic heterocycles. The Morgan fingerprint density at radius 2 is 1.89 bits per heavy atom. The molecule has 1 aromatic carbocycles. The van der Waals surface area contributed by atoms with Crippen LogP contribution in [0.25, 0.3) is 0 Å². The average molecular weight is 266 g/mol. The molecule has 19 heavy (non-hydrogen) atoms. The van der Waals surface area contributed by atoms with E-state index in [1.54, 1.807) is 39.3 Å². The lowest BCUT2D eigenvalue weighted by molar-refractivity contribution is -0.154. The smallest absolute Gasteiger partial charge is 0.338 e. The number of rotatable bonds is 3. The fourth-order valence-electron chi connectivity index (χ4n) is 2.20. The number of esters is 1. The van der Waals surface area contributed by atoms with E-state index in [0.717, 1.165) is 5.56 Å². The summed E-state index contributed by atoms with van der Waals surface area (Å²) in [6.45, 7) is 3.26. The Kier molecular flexibility index (Phi) is 3.41. The molecule has 1 heterocycles. The normalized spacial score (nSPS) is 30.1. The van der Waals surface area contributed by atoms with Crippen LogP contribution >= 0.6 is 0 Å². The second kappa shape index (κ2) is 4.74. The molecule has 3 atom stereocenters. The molecule has 1 aromatic rings. The van der Waals surface area contributed by atoms with Crippen LogP contribution in [0.15, 0.2) is 18.2 Å². The van der Waals surface area contributed by atoms with Gasteiger partial charge in [0.05, 0.1) is 14.2 Å². The first-order valence-electron chi connectivity index (χ1n) is 6.07. The quantitative estimate of drug-likeness (QED) is 0.843. The molecule has 0 amide bonds. The minimum Gasteiger partial charge on any atom is -0.493 e. The lowest BCUT2D eigenvalue weighted by Gasteiger charge is -2.20. The second-order valence-corrected chi connectivity index (χ2v) is 4.88. The number of hydrogen-bond donors (Lipinski definition) is 1. The van der Waals surface area contributed by atoms with E-state index in [2.05, 4.69) is 0 Å². The van der Waals surface area contributed by atoms with Gasteiger partial charge in [0.1, 0.15) is 6.10 Å². The van der Waals surface area contributed by atoms with Gasteiger partial charge in [-0.05, 0) is 24.6 Å². The van der Waals surface area contributed by atoms with Gasteiger partial charge in [-0.1, -0.05) is 13.0 Å². The van der Waals surface area contributed by atoms with E-state index in [0.29, 0.717) is 11.5 Å². The van der Waals surface area contributed by atoms with Crippen LogP contribution in [0.3, 0.4) is 0 Å². The van der Waals surface area contributed by atoms with Gasteiger partial charge in [-0.25, -0.2) is 4.79 Å². The van der Waals surface area contributed by atoms with Crippen LogP contribution in [0.4, 0.5) is 0 Å². The molecule has 0 radical (unpaired) electrons. The molecule has 1 aliphatic rings. The lowest BCUT2D eigenvalue weighted by atomic mass is 9.86. The summed E-state index contributed by atoms with van der Waals surface area (Å²) in [6.07, 6.45) is -0.484. The van der Waals surface area contributed by atoms with Crippen LogP contribution in [0.1, 0.15) is 25.5 Å². The van der Waals surface area contributed by atoms with Crippen molar-refractivity contribution in [1.29, 1.82) is 0 Å². The van der Waals surface area contributed by atoms with Gasteiger partial charge >= 0.3 is 5.97 Å². The first kappa shape index (κ1) is 13.7. The third-order valence-electron chi connectivity index (χ3n) is 3.72. The Bertz CT molecular complexity index is 495. The van der Waals surface area contributed by atoms with E-state index in [9.17, 15) is 9.90 Å². The van der Waals surface area contributed by atoms with E-state index < -0.39 is 17.7 Å². The van der Waals surface area contributed by atoms with Gasteiger partial charge in [0.25, 0.3) is 0 Å². The fourth-order valence-corrected chi connectivity index (χ4v) is 2.20. The van der Waals surface area contributed by atoms with Crippen LogP contribution in [0, 0.1) is 5.92 Å². The van der Waals surface area contributed by atoms with Crippen molar-refractivity contribution < 1.29 is 24.1 Å². The summed E-state index contributed by atoms with van der Waals surface area (Å²) in [4.78, 5) is 11.6. The first-order valence-corrected chi connectivity index (χ1v) is 6.07. The van der Waals surface area contributed by atoms with Gasteiger partial charge in [-0.3, -0.25) is 0 Å². The van der Waals surface area contributed by atoms with Crippen LogP contribution in [0.5, 0.6) is 11.5 Å². The molecule has 0 aliphatic carbocycles. The number of carbonyl (C=O) groups is 1. The molecule has 0 saturated carbocycles. The zero-order valence-electron chi connectivity index (χ0n) is 11.5. The van der Waals surface area contributed by atoms with Crippen molar-refractivity contribution >= 4 is 5.97 Å². The third-order valence-corrected chi connectivity index (χ3v) is 3.72. The fraction of sp³-hybridized carbons (Fsp3) is 0.500. The van der Waals surface area contributed by atoms with Crippen molar-refractivity contribution in [1.82, 2.24) is 0 Å². The Morgan fingerprint density at radius 1 is 1.26 bits per heavy atom. The van der Waals surface area contributed by atoms with Crippen molar-refractivity contribution in [3.8, 4) is 11.5 Å². The van der Waals surface area contributed by atoms with Crippen LogP contribution in [0.2, 0.25) is 0 Å². The minimum atomic E-state index is -1.46. The monoisotopic (exact) mass is 266 g/mol. The molecule has 1 saturated heterocycles.